The monoisotopic (exact) mass is 362 g/mol. The van der Waals surface area contributed by atoms with E-state index in [9.17, 15) is 18.0 Å². The first kappa shape index (κ1) is 17.9. The van der Waals surface area contributed by atoms with Gasteiger partial charge in [-0.25, -0.2) is 9.50 Å². The van der Waals surface area contributed by atoms with Crippen molar-refractivity contribution in [3.05, 3.63) is 53.9 Å². The molecule has 0 aliphatic rings. The molecule has 2 heterocycles. The Labute approximate surface area is 148 Å². The van der Waals surface area contributed by atoms with Gasteiger partial charge in [-0.05, 0) is 32.0 Å². The summed E-state index contributed by atoms with van der Waals surface area (Å²) in [6.45, 7) is 4.82. The lowest BCUT2D eigenvalue weighted by atomic mass is 10.1. The van der Waals surface area contributed by atoms with E-state index in [-0.39, 0.29) is 5.91 Å². The summed E-state index contributed by atoms with van der Waals surface area (Å²) in [5, 5.41) is 4.18. The zero-order valence-electron chi connectivity index (χ0n) is 14.3. The van der Waals surface area contributed by atoms with Crippen molar-refractivity contribution in [2.45, 2.75) is 20.0 Å². The third kappa shape index (κ3) is 3.14. The summed E-state index contributed by atoms with van der Waals surface area (Å²) in [6, 6.07) is 6.55. The minimum absolute atomic E-state index is 0.210. The van der Waals surface area contributed by atoms with Crippen LogP contribution in [0.25, 0.3) is 16.9 Å². The van der Waals surface area contributed by atoms with Gasteiger partial charge in [-0.15, -0.1) is 0 Å². The maximum absolute atomic E-state index is 13.0. The lowest BCUT2D eigenvalue weighted by molar-refractivity contribution is -0.137. The number of carbonyl (C=O) groups excluding carboxylic acids is 1. The van der Waals surface area contributed by atoms with Crippen LogP contribution >= 0.6 is 0 Å². The van der Waals surface area contributed by atoms with Crippen molar-refractivity contribution in [2.24, 2.45) is 0 Å². The summed E-state index contributed by atoms with van der Waals surface area (Å²) in [6.07, 6.45) is -1.57. The van der Waals surface area contributed by atoms with Gasteiger partial charge in [0, 0.05) is 24.8 Å². The van der Waals surface area contributed by atoms with Gasteiger partial charge in [0.15, 0.2) is 5.65 Å². The van der Waals surface area contributed by atoms with Crippen molar-refractivity contribution in [3.63, 3.8) is 0 Å². The average Bonchev–Trinajstić information content (AvgIpc) is 3.06. The molecule has 3 aromatic rings. The van der Waals surface area contributed by atoms with Crippen molar-refractivity contribution in [2.75, 3.05) is 13.1 Å². The van der Waals surface area contributed by atoms with E-state index in [1.807, 2.05) is 13.8 Å². The minimum Gasteiger partial charge on any atom is -0.339 e. The number of amides is 1. The Bertz CT molecular complexity index is 945. The number of aromatic nitrogens is 3. The van der Waals surface area contributed by atoms with Gasteiger partial charge in [0.1, 0.15) is 5.56 Å². The van der Waals surface area contributed by atoms with Gasteiger partial charge in [0.05, 0.1) is 17.5 Å². The van der Waals surface area contributed by atoms with E-state index in [1.165, 1.54) is 23.0 Å². The second kappa shape index (κ2) is 6.78. The Kier molecular flexibility index (Phi) is 4.67. The van der Waals surface area contributed by atoms with E-state index in [2.05, 4.69) is 10.1 Å². The molecule has 0 radical (unpaired) electrons. The first-order valence-electron chi connectivity index (χ1n) is 8.16. The summed E-state index contributed by atoms with van der Waals surface area (Å²) in [4.78, 5) is 18.4. The number of carbonyl (C=O) groups is 1. The first-order chi connectivity index (χ1) is 12.4. The Morgan fingerprint density at radius 2 is 1.92 bits per heavy atom. The fourth-order valence-corrected chi connectivity index (χ4v) is 2.80. The van der Waals surface area contributed by atoms with E-state index >= 15 is 0 Å². The van der Waals surface area contributed by atoms with Crippen LogP contribution in [0.1, 0.15) is 29.8 Å². The van der Waals surface area contributed by atoms with Crippen LogP contribution < -0.4 is 0 Å². The van der Waals surface area contributed by atoms with Crippen molar-refractivity contribution in [3.8, 4) is 11.3 Å². The fraction of sp³-hybridized carbons (Fsp3) is 0.278. The molecule has 0 bridgehead atoms. The van der Waals surface area contributed by atoms with Gasteiger partial charge in [-0.1, -0.05) is 12.1 Å². The molecule has 0 saturated carbocycles. The lowest BCUT2D eigenvalue weighted by Gasteiger charge is -2.17. The molecule has 0 aliphatic carbocycles. The third-order valence-electron chi connectivity index (χ3n) is 4.17. The van der Waals surface area contributed by atoms with Crippen molar-refractivity contribution in [1.29, 1.82) is 0 Å². The van der Waals surface area contributed by atoms with Gasteiger partial charge in [-0.2, -0.15) is 18.3 Å². The maximum Gasteiger partial charge on any atom is 0.416 e. The molecular formula is C18H17F3N4O. The Hall–Kier alpha value is -2.90. The molecule has 0 aliphatic heterocycles. The van der Waals surface area contributed by atoms with Crippen LogP contribution in [0.5, 0.6) is 0 Å². The van der Waals surface area contributed by atoms with Crippen LogP contribution in [0, 0.1) is 0 Å². The highest BCUT2D eigenvalue weighted by atomic mass is 19.4. The summed E-state index contributed by atoms with van der Waals surface area (Å²) < 4.78 is 40.4. The average molecular weight is 362 g/mol. The SMILES string of the molecule is CCN(CC)C(=O)c1cnn2c(-c3cccc(C(F)(F)F)c3)ccnc12. The van der Waals surface area contributed by atoms with Crippen LogP contribution in [0.15, 0.2) is 42.7 Å². The number of fused-ring (bicyclic) bond motifs is 1. The molecule has 0 N–H and O–H groups in total. The molecule has 2 aromatic heterocycles. The lowest BCUT2D eigenvalue weighted by Crippen LogP contribution is -2.30. The smallest absolute Gasteiger partial charge is 0.339 e. The number of rotatable bonds is 4. The summed E-state index contributed by atoms with van der Waals surface area (Å²) >= 11 is 0. The van der Waals surface area contributed by atoms with Crippen LogP contribution in [-0.4, -0.2) is 38.5 Å². The van der Waals surface area contributed by atoms with E-state index in [4.69, 9.17) is 0 Å². The van der Waals surface area contributed by atoms with E-state index in [0.717, 1.165) is 12.1 Å². The zero-order valence-corrected chi connectivity index (χ0v) is 14.3. The Morgan fingerprint density at radius 3 is 2.58 bits per heavy atom. The van der Waals surface area contributed by atoms with Crippen molar-refractivity contribution in [1.82, 2.24) is 19.5 Å². The molecule has 5 nitrogen and oxygen atoms in total. The van der Waals surface area contributed by atoms with E-state index in [1.54, 1.807) is 17.0 Å². The van der Waals surface area contributed by atoms with Gasteiger partial charge in [0.25, 0.3) is 5.91 Å². The summed E-state index contributed by atoms with van der Waals surface area (Å²) in [7, 11) is 0. The van der Waals surface area contributed by atoms with Gasteiger partial charge in [0.2, 0.25) is 0 Å². The molecule has 3 rings (SSSR count). The quantitative estimate of drug-likeness (QED) is 0.707. The molecule has 0 saturated heterocycles. The van der Waals surface area contributed by atoms with Gasteiger partial charge >= 0.3 is 6.18 Å². The second-order valence-electron chi connectivity index (χ2n) is 5.68. The van der Waals surface area contributed by atoms with E-state index in [0.29, 0.717) is 35.6 Å². The zero-order chi connectivity index (χ0) is 18.9. The molecule has 1 aromatic carbocycles. The molecule has 136 valence electrons. The van der Waals surface area contributed by atoms with Crippen LogP contribution in [0.4, 0.5) is 13.2 Å². The normalized spacial score (nSPS) is 11.7. The first-order valence-corrected chi connectivity index (χ1v) is 8.16. The molecule has 8 heteroatoms. The molecule has 0 fully saturated rings. The number of benzene rings is 1. The van der Waals surface area contributed by atoms with Crippen molar-refractivity contribution >= 4 is 11.6 Å². The molecule has 0 atom stereocenters. The van der Waals surface area contributed by atoms with Crippen molar-refractivity contribution < 1.29 is 18.0 Å². The highest BCUT2D eigenvalue weighted by Gasteiger charge is 2.30. The number of hydrogen-bond acceptors (Lipinski definition) is 3. The molecular weight excluding hydrogens is 345 g/mol. The second-order valence-corrected chi connectivity index (χ2v) is 5.68. The fourth-order valence-electron chi connectivity index (χ4n) is 2.80. The number of nitrogens with zero attached hydrogens (tertiary/aromatic N) is 4. The summed E-state index contributed by atoms with van der Waals surface area (Å²) in [5.74, 6) is -0.210. The predicted molar refractivity (Wildman–Crippen MR) is 90.7 cm³/mol. The molecule has 26 heavy (non-hydrogen) atoms. The number of hydrogen-bond donors (Lipinski definition) is 0. The Balaban J connectivity index is 2.12. The highest BCUT2D eigenvalue weighted by molar-refractivity contribution is 5.99. The third-order valence-corrected chi connectivity index (χ3v) is 4.17. The Morgan fingerprint density at radius 1 is 1.19 bits per heavy atom. The minimum atomic E-state index is -4.43. The molecule has 0 spiro atoms. The standard InChI is InChI=1S/C18H17F3N4O/c1-3-24(4-2)17(26)14-11-23-25-15(8-9-22-16(14)25)12-6-5-7-13(10-12)18(19,20)21/h5-11H,3-4H2,1-2H3. The van der Waals surface area contributed by atoms with Crippen LogP contribution in [-0.2, 0) is 6.18 Å². The number of alkyl halides is 3. The van der Waals surface area contributed by atoms with Gasteiger partial charge < -0.3 is 4.90 Å². The van der Waals surface area contributed by atoms with Crippen LogP contribution in [0.3, 0.4) is 0 Å². The molecule has 0 unspecified atom stereocenters. The number of halogens is 3. The highest BCUT2D eigenvalue weighted by Crippen LogP contribution is 2.32. The summed E-state index contributed by atoms with van der Waals surface area (Å²) in [5.41, 5.74) is 0.669. The van der Waals surface area contributed by atoms with Crippen LogP contribution in [0.2, 0.25) is 0 Å². The van der Waals surface area contributed by atoms with Gasteiger partial charge in [-0.3, -0.25) is 4.79 Å². The van der Waals surface area contributed by atoms with E-state index < -0.39 is 11.7 Å². The predicted octanol–water partition coefficient (Wildman–Crippen LogP) is 3.90. The molecule has 1 amide bonds. The largest absolute Gasteiger partial charge is 0.416 e. The maximum atomic E-state index is 13.0. The topological polar surface area (TPSA) is 50.5 Å².